The monoisotopic (exact) mass is 257 g/mol. The van der Waals surface area contributed by atoms with Gasteiger partial charge in [0.2, 0.25) is 5.88 Å². The van der Waals surface area contributed by atoms with Gasteiger partial charge in [-0.15, -0.1) is 5.10 Å². The van der Waals surface area contributed by atoms with Gasteiger partial charge in [0, 0.05) is 12.1 Å². The molecule has 0 saturated heterocycles. The molecule has 0 spiro atoms. The van der Waals surface area contributed by atoms with Gasteiger partial charge in [-0.05, 0) is 12.5 Å². The van der Waals surface area contributed by atoms with Crippen molar-refractivity contribution in [1.82, 2.24) is 15.1 Å². The molecule has 5 nitrogen and oxygen atoms in total. The Balaban J connectivity index is 1.73. The minimum Gasteiger partial charge on any atom is -0.472 e. The molecule has 0 fully saturated rings. The number of ether oxygens (including phenoxy) is 1. The lowest BCUT2D eigenvalue weighted by Gasteiger charge is -2.20. The van der Waals surface area contributed by atoms with Crippen molar-refractivity contribution in [2.45, 2.75) is 26.1 Å². The Labute approximate surface area is 111 Å². The van der Waals surface area contributed by atoms with Crippen LogP contribution in [0.4, 0.5) is 0 Å². The van der Waals surface area contributed by atoms with Crippen LogP contribution >= 0.6 is 0 Å². The minimum absolute atomic E-state index is 0.0965. The van der Waals surface area contributed by atoms with E-state index in [9.17, 15) is 4.79 Å². The van der Waals surface area contributed by atoms with Gasteiger partial charge in [-0.2, -0.15) is 0 Å². The Bertz CT molecular complexity index is 592. The smallest absolute Gasteiger partial charge is 0.269 e. The van der Waals surface area contributed by atoms with E-state index in [-0.39, 0.29) is 11.9 Å². The second-order valence-corrected chi connectivity index (χ2v) is 4.70. The van der Waals surface area contributed by atoms with Gasteiger partial charge in [0.1, 0.15) is 12.3 Å². The molecular formula is C14H15N3O2. The van der Waals surface area contributed by atoms with Gasteiger partial charge in [0.25, 0.3) is 5.91 Å². The highest BCUT2D eigenvalue weighted by atomic mass is 16.5. The van der Waals surface area contributed by atoms with Crippen LogP contribution in [0.1, 0.15) is 23.0 Å². The molecule has 0 aliphatic carbocycles. The average Bonchev–Trinajstić information content (AvgIpc) is 2.81. The number of fused-ring (bicyclic) bond motifs is 1. The number of nitrogens with zero attached hydrogens (tertiary/aromatic N) is 2. The zero-order valence-corrected chi connectivity index (χ0v) is 10.7. The molecule has 1 unspecified atom stereocenters. The summed E-state index contributed by atoms with van der Waals surface area (Å²) in [5.41, 5.74) is 1.63. The Morgan fingerprint density at radius 1 is 1.42 bits per heavy atom. The Morgan fingerprint density at radius 3 is 3.00 bits per heavy atom. The first kappa shape index (κ1) is 11.8. The summed E-state index contributed by atoms with van der Waals surface area (Å²) in [5, 5.41) is 7.17. The van der Waals surface area contributed by atoms with E-state index in [2.05, 4.69) is 10.4 Å². The second kappa shape index (κ2) is 4.76. The highest BCUT2D eigenvalue weighted by Crippen LogP contribution is 2.17. The first-order valence-electron chi connectivity index (χ1n) is 6.28. The van der Waals surface area contributed by atoms with Gasteiger partial charge >= 0.3 is 0 Å². The third-order valence-electron chi connectivity index (χ3n) is 3.04. The number of carbonyl (C=O) groups is 1. The van der Waals surface area contributed by atoms with Gasteiger partial charge in [-0.1, -0.05) is 30.3 Å². The Morgan fingerprint density at radius 2 is 2.21 bits per heavy atom. The fourth-order valence-electron chi connectivity index (χ4n) is 2.12. The van der Waals surface area contributed by atoms with Crippen LogP contribution in [-0.4, -0.2) is 21.7 Å². The van der Waals surface area contributed by atoms with E-state index in [4.69, 9.17) is 4.74 Å². The molecule has 3 rings (SSSR count). The summed E-state index contributed by atoms with van der Waals surface area (Å²) in [6.45, 7) is 3.08. The predicted octanol–water partition coefficient (Wildman–Crippen LogP) is 1.59. The van der Waals surface area contributed by atoms with Gasteiger partial charge in [0.15, 0.2) is 0 Å². The molecule has 2 heterocycles. The first-order valence-corrected chi connectivity index (χ1v) is 6.28. The SMILES string of the molecule is CC1Cn2nc(OCc3ccccc3)cc2C(=O)N1. The molecule has 2 aromatic rings. The second-order valence-electron chi connectivity index (χ2n) is 4.70. The Hall–Kier alpha value is -2.30. The molecule has 1 aliphatic heterocycles. The number of hydrogen-bond acceptors (Lipinski definition) is 3. The molecule has 0 saturated carbocycles. The van der Waals surface area contributed by atoms with Crippen molar-refractivity contribution in [2.75, 3.05) is 0 Å². The number of nitrogens with one attached hydrogen (secondary N) is 1. The van der Waals surface area contributed by atoms with Gasteiger partial charge in [-0.25, -0.2) is 0 Å². The zero-order chi connectivity index (χ0) is 13.2. The van der Waals surface area contributed by atoms with E-state index in [0.717, 1.165) is 5.56 Å². The van der Waals surface area contributed by atoms with Crippen LogP contribution in [0.25, 0.3) is 0 Å². The number of amides is 1. The summed E-state index contributed by atoms with van der Waals surface area (Å²) >= 11 is 0. The van der Waals surface area contributed by atoms with E-state index in [0.29, 0.717) is 24.7 Å². The fourth-order valence-corrected chi connectivity index (χ4v) is 2.12. The number of benzene rings is 1. The first-order chi connectivity index (χ1) is 9.22. The van der Waals surface area contributed by atoms with Crippen LogP contribution in [-0.2, 0) is 13.2 Å². The Kier molecular flexibility index (Phi) is 2.95. The largest absolute Gasteiger partial charge is 0.472 e. The zero-order valence-electron chi connectivity index (χ0n) is 10.7. The van der Waals surface area contributed by atoms with Crippen LogP contribution in [0.3, 0.4) is 0 Å². The summed E-state index contributed by atoms with van der Waals surface area (Å²) in [7, 11) is 0. The summed E-state index contributed by atoms with van der Waals surface area (Å²) < 4.78 is 7.31. The fraction of sp³-hybridized carbons (Fsp3) is 0.286. The molecule has 1 aromatic carbocycles. The lowest BCUT2D eigenvalue weighted by molar-refractivity contribution is 0.0901. The molecule has 98 valence electrons. The third kappa shape index (κ3) is 2.45. The molecule has 1 atom stereocenters. The summed E-state index contributed by atoms with van der Waals surface area (Å²) in [5.74, 6) is 0.393. The van der Waals surface area contributed by atoms with Crippen molar-refractivity contribution < 1.29 is 9.53 Å². The number of hydrogen-bond donors (Lipinski definition) is 1. The van der Waals surface area contributed by atoms with Crippen LogP contribution in [0, 0.1) is 0 Å². The van der Waals surface area contributed by atoms with Crippen LogP contribution in [0.15, 0.2) is 36.4 Å². The molecule has 5 heteroatoms. The number of aromatic nitrogens is 2. The molecule has 19 heavy (non-hydrogen) atoms. The summed E-state index contributed by atoms with van der Waals surface area (Å²) in [6.07, 6.45) is 0. The topological polar surface area (TPSA) is 56.2 Å². The van der Waals surface area contributed by atoms with Crippen molar-refractivity contribution in [3.8, 4) is 5.88 Å². The predicted molar refractivity (Wildman–Crippen MR) is 69.9 cm³/mol. The van der Waals surface area contributed by atoms with Crippen molar-refractivity contribution in [3.05, 3.63) is 47.7 Å². The highest BCUT2D eigenvalue weighted by molar-refractivity contribution is 5.93. The third-order valence-corrected chi connectivity index (χ3v) is 3.04. The van der Waals surface area contributed by atoms with Crippen LogP contribution in [0.2, 0.25) is 0 Å². The summed E-state index contributed by atoms with van der Waals surface area (Å²) in [6, 6.07) is 11.7. The van der Waals surface area contributed by atoms with Crippen molar-refractivity contribution in [2.24, 2.45) is 0 Å². The molecule has 1 N–H and O–H groups in total. The van der Waals surface area contributed by atoms with Gasteiger partial charge < -0.3 is 10.1 Å². The van der Waals surface area contributed by atoms with Crippen molar-refractivity contribution in [3.63, 3.8) is 0 Å². The highest BCUT2D eigenvalue weighted by Gasteiger charge is 2.23. The van der Waals surface area contributed by atoms with E-state index >= 15 is 0 Å². The summed E-state index contributed by atoms with van der Waals surface area (Å²) in [4.78, 5) is 11.8. The van der Waals surface area contributed by atoms with E-state index in [1.807, 2.05) is 37.3 Å². The van der Waals surface area contributed by atoms with Crippen LogP contribution in [0.5, 0.6) is 5.88 Å². The maximum atomic E-state index is 11.8. The normalized spacial score (nSPS) is 17.7. The lowest BCUT2D eigenvalue weighted by Crippen LogP contribution is -2.42. The quantitative estimate of drug-likeness (QED) is 0.908. The van der Waals surface area contributed by atoms with Crippen molar-refractivity contribution in [1.29, 1.82) is 0 Å². The molecular weight excluding hydrogens is 242 g/mol. The average molecular weight is 257 g/mol. The molecule has 1 amide bonds. The maximum Gasteiger partial charge on any atom is 0.269 e. The molecule has 0 bridgehead atoms. The van der Waals surface area contributed by atoms with Gasteiger partial charge in [-0.3, -0.25) is 9.48 Å². The van der Waals surface area contributed by atoms with Gasteiger partial charge in [0.05, 0.1) is 6.54 Å². The lowest BCUT2D eigenvalue weighted by atomic mass is 10.2. The molecule has 0 radical (unpaired) electrons. The minimum atomic E-state index is -0.0965. The van der Waals surface area contributed by atoms with E-state index < -0.39 is 0 Å². The van der Waals surface area contributed by atoms with E-state index in [1.54, 1.807) is 10.7 Å². The standard InChI is InChI=1S/C14H15N3O2/c1-10-8-17-12(14(18)15-10)7-13(16-17)19-9-11-5-3-2-4-6-11/h2-7,10H,8-9H2,1H3,(H,15,18). The van der Waals surface area contributed by atoms with E-state index in [1.165, 1.54) is 0 Å². The molecule has 1 aliphatic rings. The number of rotatable bonds is 3. The maximum absolute atomic E-state index is 11.8. The molecule has 1 aromatic heterocycles. The van der Waals surface area contributed by atoms with Crippen LogP contribution < -0.4 is 10.1 Å². The van der Waals surface area contributed by atoms with Crippen molar-refractivity contribution >= 4 is 5.91 Å². The number of carbonyl (C=O) groups excluding carboxylic acids is 1.